The predicted molar refractivity (Wildman–Crippen MR) is 157 cm³/mol. The number of benzene rings is 1. The van der Waals surface area contributed by atoms with Gasteiger partial charge in [-0.25, -0.2) is 14.4 Å². The van der Waals surface area contributed by atoms with Crippen molar-refractivity contribution in [3.8, 4) is 0 Å². The number of nitrogens with zero attached hydrogens (tertiary/aromatic N) is 5. The fourth-order valence-corrected chi connectivity index (χ4v) is 5.32. The Kier molecular flexibility index (Phi) is 8.82. The van der Waals surface area contributed by atoms with Gasteiger partial charge in [0.15, 0.2) is 0 Å². The highest BCUT2D eigenvalue weighted by Crippen LogP contribution is 2.41. The van der Waals surface area contributed by atoms with Crippen molar-refractivity contribution in [2.24, 2.45) is 4.99 Å². The summed E-state index contributed by atoms with van der Waals surface area (Å²) < 4.78 is 16.7. The molecule has 1 saturated carbocycles. The third-order valence-electron chi connectivity index (χ3n) is 7.32. The highest BCUT2D eigenvalue weighted by molar-refractivity contribution is 5.99. The van der Waals surface area contributed by atoms with Crippen molar-refractivity contribution < 1.29 is 33.1 Å². The lowest BCUT2D eigenvalue weighted by Gasteiger charge is -2.34. The number of hydrogen-bond donors (Lipinski definition) is 2. The summed E-state index contributed by atoms with van der Waals surface area (Å²) in [5.41, 5.74) is -0.488. The molecule has 0 spiro atoms. The second-order valence-electron chi connectivity index (χ2n) is 13.3. The number of alkyl carbamates (subject to hydrolysis) is 1. The van der Waals surface area contributed by atoms with Crippen molar-refractivity contribution in [1.82, 2.24) is 30.8 Å². The summed E-state index contributed by atoms with van der Waals surface area (Å²) in [7, 11) is 0. The van der Waals surface area contributed by atoms with Gasteiger partial charge in [0.25, 0.3) is 0 Å². The standard InChI is InChI=1S/C30H41N7O7/c1-29(2,3)43-26(38)32-25(33-27(39)44-30(4,5)6)31-20-14-19(15-20)23-34-35-24(42-23)22-13-12-21-16-36(22)28(40)37(21)41-17-18-10-8-7-9-11-18/h7-11,19-22H,12-17H2,1-6H3,(H2,31,32,33,38,39)/t19-,20-,21-,22-/m0/s1. The second kappa shape index (κ2) is 12.4. The summed E-state index contributed by atoms with van der Waals surface area (Å²) in [5.74, 6) is 0.794. The quantitative estimate of drug-likeness (QED) is 0.343. The first-order valence-electron chi connectivity index (χ1n) is 14.9. The van der Waals surface area contributed by atoms with E-state index in [0.29, 0.717) is 44.2 Å². The number of hydrogen-bond acceptors (Lipinski definition) is 9. The van der Waals surface area contributed by atoms with Crippen LogP contribution < -0.4 is 10.6 Å². The SMILES string of the molecule is CC(C)(C)OC(=O)/N=C(\NC(=O)OC(C)(C)C)N[C@H]1C[C@H](c2nnc([C@@H]3CC[C@H]4CN3C(=O)N4OCc3ccccc3)o2)C1. The number of urea groups is 1. The minimum absolute atomic E-state index is 0.0193. The van der Waals surface area contributed by atoms with Gasteiger partial charge >= 0.3 is 18.2 Å². The summed E-state index contributed by atoms with van der Waals surface area (Å²) >= 11 is 0. The van der Waals surface area contributed by atoms with Crippen molar-refractivity contribution in [1.29, 1.82) is 0 Å². The first-order valence-corrected chi connectivity index (χ1v) is 14.9. The van der Waals surface area contributed by atoms with Crippen LogP contribution >= 0.6 is 0 Å². The molecule has 2 aromatic rings. The minimum Gasteiger partial charge on any atom is -0.444 e. The van der Waals surface area contributed by atoms with Crippen LogP contribution in [-0.4, -0.2) is 74.2 Å². The Morgan fingerprint density at radius 1 is 1.00 bits per heavy atom. The van der Waals surface area contributed by atoms with E-state index in [1.54, 1.807) is 46.4 Å². The predicted octanol–water partition coefficient (Wildman–Crippen LogP) is 4.79. The van der Waals surface area contributed by atoms with E-state index in [9.17, 15) is 14.4 Å². The van der Waals surface area contributed by atoms with E-state index in [0.717, 1.165) is 12.0 Å². The number of amides is 4. The van der Waals surface area contributed by atoms with E-state index in [2.05, 4.69) is 25.8 Å². The molecule has 3 fully saturated rings. The van der Waals surface area contributed by atoms with Crippen LogP contribution in [0.5, 0.6) is 0 Å². The number of nitrogens with one attached hydrogen (secondary N) is 2. The molecule has 238 valence electrons. The Balaban J connectivity index is 1.16. The van der Waals surface area contributed by atoms with Crippen LogP contribution in [0.1, 0.15) is 96.5 Å². The normalized spacial score (nSPS) is 23.7. The van der Waals surface area contributed by atoms with Crippen LogP contribution in [0.2, 0.25) is 0 Å². The molecule has 2 saturated heterocycles. The van der Waals surface area contributed by atoms with E-state index in [-0.39, 0.29) is 36.0 Å². The molecule has 0 unspecified atom stereocenters. The number of fused-ring (bicyclic) bond motifs is 2. The number of aromatic nitrogens is 2. The molecule has 1 aliphatic carbocycles. The summed E-state index contributed by atoms with van der Waals surface area (Å²) in [5, 5.41) is 15.7. The molecule has 2 atom stereocenters. The lowest BCUT2D eigenvalue weighted by atomic mass is 9.80. The van der Waals surface area contributed by atoms with Gasteiger partial charge in [-0.2, -0.15) is 5.06 Å². The van der Waals surface area contributed by atoms with E-state index in [4.69, 9.17) is 18.7 Å². The van der Waals surface area contributed by atoms with E-state index < -0.39 is 23.4 Å². The first-order chi connectivity index (χ1) is 20.7. The van der Waals surface area contributed by atoms with Crippen LogP contribution in [0, 0.1) is 0 Å². The molecule has 3 aliphatic rings. The number of guanidine groups is 1. The first kappa shape index (κ1) is 31.2. The maximum Gasteiger partial charge on any atom is 0.437 e. The zero-order valence-corrected chi connectivity index (χ0v) is 26.0. The highest BCUT2D eigenvalue weighted by Gasteiger charge is 2.48. The largest absolute Gasteiger partial charge is 0.444 e. The molecule has 2 N–H and O–H groups in total. The van der Waals surface area contributed by atoms with Crippen molar-refractivity contribution >= 4 is 24.2 Å². The average Bonchev–Trinajstić information content (AvgIpc) is 3.46. The van der Waals surface area contributed by atoms with Crippen molar-refractivity contribution in [3.05, 3.63) is 47.7 Å². The van der Waals surface area contributed by atoms with Gasteiger partial charge in [0.05, 0.1) is 6.04 Å². The molecule has 4 amide bonds. The fraction of sp³-hybridized carbons (Fsp3) is 0.600. The molecule has 44 heavy (non-hydrogen) atoms. The molecule has 14 nitrogen and oxygen atoms in total. The number of rotatable bonds is 6. The zero-order chi connectivity index (χ0) is 31.6. The van der Waals surface area contributed by atoms with Crippen LogP contribution in [0.15, 0.2) is 39.7 Å². The van der Waals surface area contributed by atoms with Gasteiger partial charge in [0, 0.05) is 18.5 Å². The van der Waals surface area contributed by atoms with Gasteiger partial charge in [-0.05, 0) is 72.8 Å². The van der Waals surface area contributed by atoms with E-state index >= 15 is 0 Å². The average molecular weight is 612 g/mol. The number of ether oxygens (including phenoxy) is 2. The number of aliphatic imine (C=N–C) groups is 1. The summed E-state index contributed by atoms with van der Waals surface area (Å²) in [6.07, 6.45) is 1.06. The monoisotopic (exact) mass is 611 g/mol. The van der Waals surface area contributed by atoms with Crippen molar-refractivity contribution in [2.75, 3.05) is 6.54 Å². The summed E-state index contributed by atoms with van der Waals surface area (Å²) in [6, 6.07) is 9.08. The number of piperidine rings is 1. The Labute approximate surface area is 256 Å². The topological polar surface area (TPSA) is 161 Å². The second-order valence-corrected chi connectivity index (χ2v) is 13.3. The summed E-state index contributed by atoms with van der Waals surface area (Å²) in [6.45, 7) is 11.3. The zero-order valence-electron chi connectivity index (χ0n) is 26.0. The molecule has 3 heterocycles. The number of hydroxylamine groups is 2. The van der Waals surface area contributed by atoms with Crippen LogP contribution in [0.4, 0.5) is 14.4 Å². The maximum absolute atomic E-state index is 13.2. The number of carbonyl (C=O) groups excluding carboxylic acids is 3. The Morgan fingerprint density at radius 3 is 2.36 bits per heavy atom. The van der Waals surface area contributed by atoms with Gasteiger partial charge in [-0.1, -0.05) is 30.3 Å². The molecular formula is C30H41N7O7. The Hall–Kier alpha value is -4.20. The molecule has 2 aliphatic heterocycles. The minimum atomic E-state index is -0.844. The Morgan fingerprint density at radius 2 is 1.68 bits per heavy atom. The molecule has 0 radical (unpaired) electrons. The maximum atomic E-state index is 13.2. The summed E-state index contributed by atoms with van der Waals surface area (Å²) in [4.78, 5) is 49.5. The lowest BCUT2D eigenvalue weighted by molar-refractivity contribution is -0.140. The molecule has 1 aromatic heterocycles. The molecular weight excluding hydrogens is 570 g/mol. The van der Waals surface area contributed by atoms with Crippen molar-refractivity contribution in [2.45, 2.75) is 109 Å². The van der Waals surface area contributed by atoms with Gasteiger partial charge in [-0.15, -0.1) is 15.2 Å². The molecule has 1 aromatic carbocycles. The molecule has 14 heteroatoms. The van der Waals surface area contributed by atoms with Gasteiger partial charge in [0.1, 0.15) is 23.9 Å². The molecule has 2 bridgehead atoms. The highest BCUT2D eigenvalue weighted by atomic mass is 16.7. The van der Waals surface area contributed by atoms with Gasteiger partial charge in [-0.3, -0.25) is 10.2 Å². The fourth-order valence-electron chi connectivity index (χ4n) is 5.32. The van der Waals surface area contributed by atoms with Crippen LogP contribution in [0.25, 0.3) is 0 Å². The molecule has 5 rings (SSSR count). The third-order valence-corrected chi connectivity index (χ3v) is 7.32. The Bertz CT molecular complexity index is 1380. The van der Waals surface area contributed by atoms with Crippen LogP contribution in [0.3, 0.4) is 0 Å². The lowest BCUT2D eigenvalue weighted by Crippen LogP contribution is -2.51. The van der Waals surface area contributed by atoms with E-state index in [1.807, 2.05) is 30.3 Å². The van der Waals surface area contributed by atoms with E-state index in [1.165, 1.54) is 5.06 Å². The smallest absolute Gasteiger partial charge is 0.437 e. The van der Waals surface area contributed by atoms with Crippen LogP contribution in [-0.2, 0) is 20.9 Å². The van der Waals surface area contributed by atoms with Gasteiger partial charge < -0.3 is 24.1 Å². The van der Waals surface area contributed by atoms with Crippen molar-refractivity contribution in [3.63, 3.8) is 0 Å². The third kappa shape index (κ3) is 7.84. The van der Waals surface area contributed by atoms with Gasteiger partial charge in [0.2, 0.25) is 17.7 Å². The number of carbonyl (C=O) groups is 3.